The number of hydrogen-bond acceptors (Lipinski definition) is 2. The molecule has 0 radical (unpaired) electrons. The fourth-order valence-corrected chi connectivity index (χ4v) is 3.16. The molecule has 0 aliphatic carbocycles. The van der Waals surface area contributed by atoms with Crippen molar-refractivity contribution in [3.8, 4) is 0 Å². The fraction of sp³-hybridized carbons (Fsp3) is 0.941. The summed E-state index contributed by atoms with van der Waals surface area (Å²) in [5.41, 5.74) is 0. The van der Waals surface area contributed by atoms with Crippen molar-refractivity contribution in [2.45, 2.75) is 53.4 Å². The Labute approximate surface area is 131 Å². The first-order chi connectivity index (χ1) is 10.1. The second-order valence-electron chi connectivity index (χ2n) is 6.90. The molecule has 0 aromatic rings. The summed E-state index contributed by atoms with van der Waals surface area (Å²) >= 11 is 0. The minimum Gasteiger partial charge on any atom is -0.396 e. The Hall–Kier alpha value is -0.770. The maximum absolute atomic E-state index is 9.23. The third-order valence-electron chi connectivity index (χ3n) is 4.13. The summed E-state index contributed by atoms with van der Waals surface area (Å²) in [5, 5.41) is 12.7. The summed E-state index contributed by atoms with van der Waals surface area (Å²) in [6, 6.07) is 0. The highest BCUT2D eigenvalue weighted by atomic mass is 16.3. The van der Waals surface area contributed by atoms with Crippen LogP contribution in [-0.4, -0.2) is 48.8 Å². The van der Waals surface area contributed by atoms with Crippen LogP contribution in [0.5, 0.6) is 0 Å². The Balaban J connectivity index is 2.63. The zero-order valence-corrected chi connectivity index (χ0v) is 14.4. The van der Waals surface area contributed by atoms with E-state index < -0.39 is 0 Å². The number of aliphatic hydroxyl groups is 1. The van der Waals surface area contributed by atoms with Gasteiger partial charge in [0.2, 0.25) is 0 Å². The van der Waals surface area contributed by atoms with Gasteiger partial charge in [0.05, 0.1) is 0 Å². The van der Waals surface area contributed by atoms with Gasteiger partial charge in [0, 0.05) is 32.8 Å². The first kappa shape index (κ1) is 18.3. The number of likely N-dealkylation sites (tertiary alicyclic amines) is 1. The standard InChI is InChI=1S/C17H35N3O/c1-5-18-17(20-9-6-7-15(4)13-20)19-12-16(8-10-21)11-14(2)3/h14-16,21H,5-13H2,1-4H3,(H,18,19). The maximum Gasteiger partial charge on any atom is 0.193 e. The number of nitrogens with one attached hydrogen (secondary N) is 1. The zero-order valence-electron chi connectivity index (χ0n) is 14.4. The number of piperidine rings is 1. The second kappa shape index (κ2) is 10.0. The minimum absolute atomic E-state index is 0.268. The van der Waals surface area contributed by atoms with E-state index in [0.29, 0.717) is 11.8 Å². The predicted molar refractivity (Wildman–Crippen MR) is 90.6 cm³/mol. The van der Waals surface area contributed by atoms with E-state index in [1.54, 1.807) is 0 Å². The summed E-state index contributed by atoms with van der Waals surface area (Å²) in [6.45, 7) is 13.2. The minimum atomic E-state index is 0.268. The van der Waals surface area contributed by atoms with Gasteiger partial charge in [0.25, 0.3) is 0 Å². The first-order valence-corrected chi connectivity index (χ1v) is 8.70. The molecule has 2 atom stereocenters. The predicted octanol–water partition coefficient (Wildman–Crippen LogP) is 2.73. The van der Waals surface area contributed by atoms with E-state index in [9.17, 15) is 5.11 Å². The Morgan fingerprint density at radius 3 is 2.76 bits per heavy atom. The van der Waals surface area contributed by atoms with Crippen molar-refractivity contribution in [2.75, 3.05) is 32.8 Å². The van der Waals surface area contributed by atoms with Crippen molar-refractivity contribution in [1.29, 1.82) is 0 Å². The Morgan fingerprint density at radius 1 is 1.43 bits per heavy atom. The van der Waals surface area contributed by atoms with E-state index in [4.69, 9.17) is 4.99 Å². The van der Waals surface area contributed by atoms with Gasteiger partial charge in [-0.3, -0.25) is 4.99 Å². The van der Waals surface area contributed by atoms with Crippen molar-refractivity contribution in [3.63, 3.8) is 0 Å². The Morgan fingerprint density at radius 2 is 2.19 bits per heavy atom. The fourth-order valence-electron chi connectivity index (χ4n) is 3.16. The van der Waals surface area contributed by atoms with Gasteiger partial charge in [-0.15, -0.1) is 0 Å². The van der Waals surface area contributed by atoms with Crippen molar-refractivity contribution in [1.82, 2.24) is 10.2 Å². The van der Waals surface area contributed by atoms with Gasteiger partial charge in [-0.1, -0.05) is 20.8 Å². The topological polar surface area (TPSA) is 47.9 Å². The maximum atomic E-state index is 9.23. The molecule has 1 aliphatic heterocycles. The Kier molecular flexibility index (Phi) is 8.74. The normalized spacial score (nSPS) is 21.7. The second-order valence-corrected chi connectivity index (χ2v) is 6.90. The molecule has 0 spiro atoms. The quantitative estimate of drug-likeness (QED) is 0.561. The van der Waals surface area contributed by atoms with E-state index in [2.05, 4.69) is 37.9 Å². The molecule has 1 saturated heterocycles. The lowest BCUT2D eigenvalue weighted by Crippen LogP contribution is -2.46. The summed E-state index contributed by atoms with van der Waals surface area (Å²) in [7, 11) is 0. The van der Waals surface area contributed by atoms with E-state index in [1.807, 2.05) is 0 Å². The number of hydrogen-bond donors (Lipinski definition) is 2. The van der Waals surface area contributed by atoms with Crippen LogP contribution in [0.3, 0.4) is 0 Å². The van der Waals surface area contributed by atoms with Crippen LogP contribution in [0.2, 0.25) is 0 Å². The number of rotatable bonds is 7. The molecule has 0 aromatic carbocycles. The van der Waals surface area contributed by atoms with Crippen molar-refractivity contribution >= 4 is 5.96 Å². The van der Waals surface area contributed by atoms with Crippen LogP contribution in [-0.2, 0) is 0 Å². The molecule has 1 fully saturated rings. The van der Waals surface area contributed by atoms with Gasteiger partial charge in [0.1, 0.15) is 0 Å². The van der Waals surface area contributed by atoms with Crippen LogP contribution >= 0.6 is 0 Å². The monoisotopic (exact) mass is 297 g/mol. The molecule has 2 N–H and O–H groups in total. The number of guanidine groups is 1. The molecule has 0 amide bonds. The molecule has 0 aromatic heterocycles. The van der Waals surface area contributed by atoms with Gasteiger partial charge in [0.15, 0.2) is 5.96 Å². The summed E-state index contributed by atoms with van der Waals surface area (Å²) in [6.07, 6.45) is 4.59. The molecular formula is C17H35N3O. The molecule has 124 valence electrons. The molecule has 4 nitrogen and oxygen atoms in total. The highest BCUT2D eigenvalue weighted by Crippen LogP contribution is 2.18. The van der Waals surface area contributed by atoms with E-state index in [-0.39, 0.29) is 6.61 Å². The summed E-state index contributed by atoms with van der Waals surface area (Å²) in [5.74, 6) is 2.97. The molecule has 1 aliphatic rings. The van der Waals surface area contributed by atoms with Crippen molar-refractivity contribution < 1.29 is 5.11 Å². The third kappa shape index (κ3) is 7.16. The molecule has 0 bridgehead atoms. The highest BCUT2D eigenvalue weighted by molar-refractivity contribution is 5.80. The number of aliphatic hydroxyl groups excluding tert-OH is 1. The molecule has 1 rings (SSSR count). The van der Waals surface area contributed by atoms with Gasteiger partial charge in [-0.05, 0) is 50.4 Å². The average Bonchev–Trinajstić information content (AvgIpc) is 2.43. The van der Waals surface area contributed by atoms with Crippen molar-refractivity contribution in [2.24, 2.45) is 22.7 Å². The SMILES string of the molecule is CCNC(=NCC(CCO)CC(C)C)N1CCCC(C)C1. The zero-order chi connectivity index (χ0) is 15.7. The van der Waals surface area contributed by atoms with E-state index in [1.165, 1.54) is 12.8 Å². The molecular weight excluding hydrogens is 262 g/mol. The summed E-state index contributed by atoms with van der Waals surface area (Å²) in [4.78, 5) is 7.27. The largest absolute Gasteiger partial charge is 0.396 e. The lowest BCUT2D eigenvalue weighted by molar-refractivity contribution is 0.243. The van der Waals surface area contributed by atoms with Gasteiger partial charge >= 0.3 is 0 Å². The highest BCUT2D eigenvalue weighted by Gasteiger charge is 2.19. The molecule has 21 heavy (non-hydrogen) atoms. The molecule has 1 heterocycles. The van der Waals surface area contributed by atoms with Crippen molar-refractivity contribution in [3.05, 3.63) is 0 Å². The molecule has 0 saturated carbocycles. The summed E-state index contributed by atoms with van der Waals surface area (Å²) < 4.78 is 0. The lowest BCUT2D eigenvalue weighted by atomic mass is 9.94. The van der Waals surface area contributed by atoms with Gasteiger partial charge in [-0.25, -0.2) is 0 Å². The van der Waals surface area contributed by atoms with Crippen LogP contribution in [0.1, 0.15) is 53.4 Å². The van der Waals surface area contributed by atoms with Crippen LogP contribution in [0, 0.1) is 17.8 Å². The Bertz CT molecular complexity index is 304. The van der Waals surface area contributed by atoms with Gasteiger partial charge < -0.3 is 15.3 Å². The third-order valence-corrected chi connectivity index (χ3v) is 4.13. The van der Waals surface area contributed by atoms with Crippen LogP contribution in [0.4, 0.5) is 0 Å². The smallest absolute Gasteiger partial charge is 0.193 e. The van der Waals surface area contributed by atoms with E-state index >= 15 is 0 Å². The number of nitrogens with zero attached hydrogens (tertiary/aromatic N) is 2. The van der Waals surface area contributed by atoms with E-state index in [0.717, 1.165) is 50.9 Å². The van der Waals surface area contributed by atoms with Crippen LogP contribution in [0.15, 0.2) is 4.99 Å². The average molecular weight is 297 g/mol. The number of aliphatic imine (C=N–C) groups is 1. The first-order valence-electron chi connectivity index (χ1n) is 8.70. The molecule has 2 unspecified atom stereocenters. The van der Waals surface area contributed by atoms with Gasteiger partial charge in [-0.2, -0.15) is 0 Å². The molecule has 4 heteroatoms. The van der Waals surface area contributed by atoms with Crippen LogP contribution < -0.4 is 5.32 Å². The lowest BCUT2D eigenvalue weighted by Gasteiger charge is -2.33. The van der Waals surface area contributed by atoms with Crippen LogP contribution in [0.25, 0.3) is 0 Å².